The highest BCUT2D eigenvalue weighted by molar-refractivity contribution is 6.07. The van der Waals surface area contributed by atoms with Gasteiger partial charge in [-0.05, 0) is 55.6 Å². The van der Waals surface area contributed by atoms with Crippen molar-refractivity contribution in [1.29, 1.82) is 0 Å². The molecule has 0 aromatic heterocycles. The van der Waals surface area contributed by atoms with E-state index in [2.05, 4.69) is 23.3 Å². The van der Waals surface area contributed by atoms with Gasteiger partial charge in [0, 0.05) is 49.6 Å². The molecule has 192 valence electrons. The number of para-hydroxylation sites is 1. The van der Waals surface area contributed by atoms with Crippen LogP contribution in [-0.4, -0.2) is 60.4 Å². The molecule has 1 spiro atoms. The average Bonchev–Trinajstić information content (AvgIpc) is 2.94. The number of nitrogens with one attached hydrogen (secondary N) is 1. The van der Waals surface area contributed by atoms with Crippen LogP contribution in [0.4, 0.5) is 0 Å². The molecule has 3 aliphatic heterocycles. The number of carbonyl (C=O) groups excluding carboxylic acids is 2. The molecular formula is C31H35N3O3. The first-order chi connectivity index (χ1) is 18.0. The van der Waals surface area contributed by atoms with Gasteiger partial charge in [0.25, 0.3) is 5.91 Å². The Hall–Kier alpha value is -3.38. The van der Waals surface area contributed by atoms with Crippen molar-refractivity contribution >= 4 is 22.6 Å². The second-order valence-corrected chi connectivity index (χ2v) is 11.0. The minimum Gasteiger partial charge on any atom is -0.487 e. The third-order valence-corrected chi connectivity index (χ3v) is 8.58. The molecule has 3 aliphatic rings. The number of rotatable bonds is 3. The molecule has 1 atom stereocenters. The van der Waals surface area contributed by atoms with Gasteiger partial charge in [-0.25, -0.2) is 0 Å². The van der Waals surface area contributed by atoms with Crippen LogP contribution in [-0.2, 0) is 4.79 Å². The zero-order valence-corrected chi connectivity index (χ0v) is 21.5. The molecule has 2 amide bonds. The normalized spacial score (nSPS) is 21.9. The van der Waals surface area contributed by atoms with E-state index in [0.717, 1.165) is 60.0 Å². The molecule has 6 heteroatoms. The fourth-order valence-electron chi connectivity index (χ4n) is 6.30. The van der Waals surface area contributed by atoms with Crippen LogP contribution in [0.25, 0.3) is 10.8 Å². The van der Waals surface area contributed by atoms with Crippen LogP contribution >= 0.6 is 0 Å². The van der Waals surface area contributed by atoms with Crippen LogP contribution in [0.2, 0.25) is 0 Å². The largest absolute Gasteiger partial charge is 0.487 e. The molecule has 3 heterocycles. The van der Waals surface area contributed by atoms with Crippen molar-refractivity contribution in [2.24, 2.45) is 5.92 Å². The van der Waals surface area contributed by atoms with Gasteiger partial charge in [-0.3, -0.25) is 9.59 Å². The zero-order valence-electron chi connectivity index (χ0n) is 21.5. The number of hydrogen-bond donors (Lipinski definition) is 1. The molecule has 1 N–H and O–H groups in total. The van der Waals surface area contributed by atoms with Crippen molar-refractivity contribution in [2.75, 3.05) is 33.2 Å². The van der Waals surface area contributed by atoms with E-state index in [1.165, 1.54) is 0 Å². The van der Waals surface area contributed by atoms with E-state index >= 15 is 0 Å². The van der Waals surface area contributed by atoms with Crippen molar-refractivity contribution in [3.8, 4) is 5.75 Å². The molecule has 6 nitrogen and oxygen atoms in total. The second-order valence-electron chi connectivity index (χ2n) is 11.0. The molecule has 3 aromatic rings. The van der Waals surface area contributed by atoms with Gasteiger partial charge in [0.2, 0.25) is 5.91 Å². The summed E-state index contributed by atoms with van der Waals surface area (Å²) in [5.41, 5.74) is 1.60. The molecule has 2 fully saturated rings. The number of hydrogen-bond acceptors (Lipinski definition) is 4. The first-order valence-electron chi connectivity index (χ1n) is 13.6. The quantitative estimate of drug-likeness (QED) is 0.565. The van der Waals surface area contributed by atoms with Gasteiger partial charge in [0.1, 0.15) is 11.4 Å². The summed E-state index contributed by atoms with van der Waals surface area (Å²) in [4.78, 5) is 31.1. The Balaban J connectivity index is 1.12. The molecule has 0 bridgehead atoms. The number of nitrogens with zero attached hydrogens (tertiary/aromatic N) is 2. The van der Waals surface area contributed by atoms with Crippen molar-refractivity contribution < 1.29 is 14.3 Å². The van der Waals surface area contributed by atoms with Crippen LogP contribution in [0.15, 0.2) is 66.7 Å². The SMILES string of the molecule is CN1CCC2(CC1)CC(NC(=O)C1CCN(C(=O)c3cccc4ccccc34)CC1)c1ccccc1O2. The summed E-state index contributed by atoms with van der Waals surface area (Å²) < 4.78 is 6.56. The zero-order chi connectivity index (χ0) is 25.4. The highest BCUT2D eigenvalue weighted by Crippen LogP contribution is 2.44. The predicted molar refractivity (Wildman–Crippen MR) is 145 cm³/mol. The lowest BCUT2D eigenvalue weighted by Gasteiger charge is -2.46. The summed E-state index contributed by atoms with van der Waals surface area (Å²) in [6.45, 7) is 3.21. The van der Waals surface area contributed by atoms with Gasteiger partial charge in [0.15, 0.2) is 0 Å². The maximum absolute atomic E-state index is 13.5. The molecular weight excluding hydrogens is 462 g/mol. The highest BCUT2D eigenvalue weighted by Gasteiger charge is 2.43. The van der Waals surface area contributed by atoms with E-state index in [-0.39, 0.29) is 29.4 Å². The summed E-state index contributed by atoms with van der Waals surface area (Å²) in [5, 5.41) is 5.44. The van der Waals surface area contributed by atoms with E-state index in [1.54, 1.807) is 0 Å². The van der Waals surface area contributed by atoms with Crippen LogP contribution < -0.4 is 10.1 Å². The Morgan fingerprint density at radius 1 is 0.892 bits per heavy atom. The minimum absolute atomic E-state index is 0.0452. The number of carbonyl (C=O) groups is 2. The fraction of sp³-hybridized carbons (Fsp3) is 0.419. The maximum Gasteiger partial charge on any atom is 0.254 e. The Morgan fingerprint density at radius 2 is 1.59 bits per heavy atom. The van der Waals surface area contributed by atoms with E-state index in [0.29, 0.717) is 25.9 Å². The van der Waals surface area contributed by atoms with Gasteiger partial charge in [-0.15, -0.1) is 0 Å². The Bertz CT molecular complexity index is 1300. The van der Waals surface area contributed by atoms with Gasteiger partial charge in [-0.2, -0.15) is 0 Å². The van der Waals surface area contributed by atoms with Crippen molar-refractivity contribution in [1.82, 2.24) is 15.1 Å². The lowest BCUT2D eigenvalue weighted by Crippen LogP contribution is -2.52. The topological polar surface area (TPSA) is 61.9 Å². The van der Waals surface area contributed by atoms with Crippen LogP contribution in [0, 0.1) is 5.92 Å². The van der Waals surface area contributed by atoms with Gasteiger partial charge in [0.05, 0.1) is 6.04 Å². The fourth-order valence-corrected chi connectivity index (χ4v) is 6.30. The molecule has 3 aromatic carbocycles. The van der Waals surface area contributed by atoms with Gasteiger partial charge < -0.3 is 19.9 Å². The lowest BCUT2D eigenvalue weighted by molar-refractivity contribution is -0.128. The number of likely N-dealkylation sites (tertiary alicyclic amines) is 2. The van der Waals surface area contributed by atoms with E-state index < -0.39 is 0 Å². The second kappa shape index (κ2) is 9.82. The van der Waals surface area contributed by atoms with Crippen molar-refractivity contribution in [3.05, 3.63) is 77.9 Å². The molecule has 0 radical (unpaired) electrons. The maximum atomic E-state index is 13.5. The van der Waals surface area contributed by atoms with Crippen LogP contribution in [0.1, 0.15) is 54.1 Å². The summed E-state index contributed by atoms with van der Waals surface area (Å²) >= 11 is 0. The number of piperidine rings is 2. The highest BCUT2D eigenvalue weighted by atomic mass is 16.5. The number of amides is 2. The van der Waals surface area contributed by atoms with Crippen LogP contribution in [0.5, 0.6) is 5.75 Å². The van der Waals surface area contributed by atoms with Crippen LogP contribution in [0.3, 0.4) is 0 Å². The summed E-state index contributed by atoms with van der Waals surface area (Å²) in [6, 6.07) is 22.0. The van der Waals surface area contributed by atoms with Gasteiger partial charge >= 0.3 is 0 Å². The number of ether oxygens (including phenoxy) is 1. The monoisotopic (exact) mass is 497 g/mol. The minimum atomic E-state index is -0.215. The molecule has 0 saturated carbocycles. The van der Waals surface area contributed by atoms with E-state index in [9.17, 15) is 9.59 Å². The predicted octanol–water partition coefficient (Wildman–Crippen LogP) is 4.80. The van der Waals surface area contributed by atoms with Crippen molar-refractivity contribution in [2.45, 2.75) is 43.7 Å². The molecule has 2 saturated heterocycles. The first-order valence-corrected chi connectivity index (χ1v) is 13.6. The summed E-state index contributed by atoms with van der Waals surface area (Å²) in [6.07, 6.45) is 4.12. The summed E-state index contributed by atoms with van der Waals surface area (Å²) in [7, 11) is 2.15. The Labute approximate surface area is 218 Å². The summed E-state index contributed by atoms with van der Waals surface area (Å²) in [5.74, 6) is 0.972. The molecule has 0 aliphatic carbocycles. The standard InChI is InChI=1S/C31H35N3O3/c1-33-19-15-31(16-20-33)21-27(26-10-4-5-12-28(26)37-31)32-29(35)23-13-17-34(18-14-23)30(36)25-11-6-8-22-7-2-3-9-24(22)25/h2-12,23,27H,13-21H2,1H3,(H,32,35). The molecule has 37 heavy (non-hydrogen) atoms. The molecule has 1 unspecified atom stereocenters. The van der Waals surface area contributed by atoms with E-state index in [1.807, 2.05) is 65.6 Å². The Kier molecular flexibility index (Phi) is 6.37. The smallest absolute Gasteiger partial charge is 0.254 e. The first kappa shape index (κ1) is 24.0. The Morgan fingerprint density at radius 3 is 2.41 bits per heavy atom. The van der Waals surface area contributed by atoms with Crippen molar-refractivity contribution in [3.63, 3.8) is 0 Å². The van der Waals surface area contributed by atoms with Gasteiger partial charge in [-0.1, -0.05) is 54.6 Å². The number of benzene rings is 3. The number of fused-ring (bicyclic) bond motifs is 2. The lowest BCUT2D eigenvalue weighted by atomic mass is 9.80. The van der Waals surface area contributed by atoms with E-state index in [4.69, 9.17) is 4.74 Å². The third kappa shape index (κ3) is 4.71. The average molecular weight is 498 g/mol. The third-order valence-electron chi connectivity index (χ3n) is 8.58. The molecule has 6 rings (SSSR count).